The van der Waals surface area contributed by atoms with Gasteiger partial charge < -0.3 is 11.5 Å². The van der Waals surface area contributed by atoms with E-state index < -0.39 is 11.7 Å². The predicted molar refractivity (Wildman–Crippen MR) is 65.7 cm³/mol. The summed E-state index contributed by atoms with van der Waals surface area (Å²) >= 11 is 5.66. The Labute approximate surface area is 107 Å². The fourth-order valence-corrected chi connectivity index (χ4v) is 1.75. The lowest BCUT2D eigenvalue weighted by Crippen LogP contribution is -2.14. The van der Waals surface area contributed by atoms with Crippen molar-refractivity contribution < 1.29 is 9.18 Å². The number of anilines is 1. The van der Waals surface area contributed by atoms with Crippen LogP contribution in [0.3, 0.4) is 0 Å². The molecule has 0 fully saturated rings. The van der Waals surface area contributed by atoms with Crippen LogP contribution in [-0.2, 0) is 6.54 Å². The number of nitrogens with zero attached hydrogens (tertiary/aromatic N) is 2. The molecule has 0 spiro atoms. The third kappa shape index (κ3) is 2.28. The van der Waals surface area contributed by atoms with Crippen LogP contribution in [0.2, 0.25) is 5.02 Å². The summed E-state index contributed by atoms with van der Waals surface area (Å²) < 4.78 is 15.0. The lowest BCUT2D eigenvalue weighted by molar-refractivity contribution is 0.0995. The van der Waals surface area contributed by atoms with Crippen molar-refractivity contribution in [3.63, 3.8) is 0 Å². The lowest BCUT2D eigenvalue weighted by Gasteiger charge is -2.04. The van der Waals surface area contributed by atoms with Gasteiger partial charge in [-0.1, -0.05) is 23.7 Å². The number of nitrogen functional groups attached to an aromatic ring is 1. The van der Waals surface area contributed by atoms with Gasteiger partial charge in [-0.05, 0) is 6.07 Å². The molecule has 18 heavy (non-hydrogen) atoms. The van der Waals surface area contributed by atoms with Crippen molar-refractivity contribution >= 4 is 23.2 Å². The van der Waals surface area contributed by atoms with E-state index in [1.165, 1.54) is 16.9 Å². The van der Waals surface area contributed by atoms with Gasteiger partial charge in [-0.15, -0.1) is 0 Å². The third-order valence-electron chi connectivity index (χ3n) is 2.39. The van der Waals surface area contributed by atoms with Crippen LogP contribution in [-0.4, -0.2) is 15.7 Å². The maximum Gasteiger partial charge on any atom is 0.271 e. The molecule has 0 saturated heterocycles. The van der Waals surface area contributed by atoms with E-state index >= 15 is 0 Å². The number of carbonyl (C=O) groups excluding carboxylic acids is 1. The number of hydrogen-bond donors (Lipinski definition) is 2. The zero-order chi connectivity index (χ0) is 13.3. The molecule has 94 valence electrons. The molecule has 4 N–H and O–H groups in total. The van der Waals surface area contributed by atoms with Gasteiger partial charge in [0.1, 0.15) is 5.82 Å². The predicted octanol–water partition coefficient (Wildman–Crippen LogP) is 1.40. The molecule has 0 aliphatic heterocycles. The number of nitrogens with two attached hydrogens (primary N) is 2. The molecule has 0 bridgehead atoms. The number of amides is 1. The first-order chi connectivity index (χ1) is 8.49. The summed E-state index contributed by atoms with van der Waals surface area (Å²) in [4.78, 5) is 11.0. The van der Waals surface area contributed by atoms with E-state index in [0.29, 0.717) is 5.56 Å². The smallest absolute Gasteiger partial charge is 0.271 e. The van der Waals surface area contributed by atoms with E-state index in [4.69, 9.17) is 23.1 Å². The minimum atomic E-state index is -0.724. The SMILES string of the molecule is NC(=O)c1nn(Cc2cccc(Cl)c2F)cc1N. The number of rotatable bonds is 3. The summed E-state index contributed by atoms with van der Waals surface area (Å²) in [6.07, 6.45) is 1.42. The maximum absolute atomic E-state index is 13.7. The van der Waals surface area contributed by atoms with Crippen molar-refractivity contribution in [3.8, 4) is 0 Å². The summed E-state index contributed by atoms with van der Waals surface area (Å²) in [7, 11) is 0. The molecule has 1 aromatic carbocycles. The number of halogens is 2. The van der Waals surface area contributed by atoms with Gasteiger partial charge in [0.05, 0.1) is 17.3 Å². The molecule has 1 amide bonds. The van der Waals surface area contributed by atoms with Gasteiger partial charge in [0, 0.05) is 11.8 Å². The number of benzene rings is 1. The molecule has 1 aromatic heterocycles. The first kappa shape index (κ1) is 12.4. The van der Waals surface area contributed by atoms with Crippen molar-refractivity contribution in [2.45, 2.75) is 6.54 Å². The molecular weight excluding hydrogens is 259 g/mol. The molecule has 0 aliphatic carbocycles. The van der Waals surface area contributed by atoms with Gasteiger partial charge in [-0.3, -0.25) is 9.48 Å². The molecular formula is C11H10ClFN4O. The lowest BCUT2D eigenvalue weighted by atomic mass is 10.2. The van der Waals surface area contributed by atoms with Gasteiger partial charge in [-0.25, -0.2) is 4.39 Å². The maximum atomic E-state index is 13.7. The molecule has 0 saturated carbocycles. The van der Waals surface area contributed by atoms with Crippen LogP contribution in [0.1, 0.15) is 16.1 Å². The fourth-order valence-electron chi connectivity index (χ4n) is 1.55. The standard InChI is InChI=1S/C11H10ClFN4O/c12-7-3-1-2-6(9(7)13)4-17-5-8(14)10(16-17)11(15)18/h1-3,5H,4,14H2,(H2,15,18). The highest BCUT2D eigenvalue weighted by molar-refractivity contribution is 6.30. The van der Waals surface area contributed by atoms with Gasteiger partial charge >= 0.3 is 0 Å². The molecule has 0 radical (unpaired) electrons. The summed E-state index contributed by atoms with van der Waals surface area (Å²) in [5.74, 6) is -1.24. The normalized spacial score (nSPS) is 10.6. The minimum Gasteiger partial charge on any atom is -0.396 e. The largest absolute Gasteiger partial charge is 0.396 e. The number of primary amides is 1. The van der Waals surface area contributed by atoms with Crippen LogP contribution >= 0.6 is 11.6 Å². The van der Waals surface area contributed by atoms with Crippen LogP contribution in [0.4, 0.5) is 10.1 Å². The Morgan fingerprint density at radius 3 is 2.83 bits per heavy atom. The number of carbonyl (C=O) groups is 1. The Balaban J connectivity index is 2.32. The topological polar surface area (TPSA) is 86.9 Å². The number of hydrogen-bond acceptors (Lipinski definition) is 3. The van der Waals surface area contributed by atoms with Crippen molar-refractivity contribution in [1.29, 1.82) is 0 Å². The fraction of sp³-hybridized carbons (Fsp3) is 0.0909. The Bertz CT molecular complexity index is 611. The monoisotopic (exact) mass is 268 g/mol. The van der Waals surface area contributed by atoms with E-state index in [1.54, 1.807) is 12.1 Å². The molecule has 5 nitrogen and oxygen atoms in total. The van der Waals surface area contributed by atoms with E-state index in [0.717, 1.165) is 0 Å². The molecule has 0 aliphatic rings. The minimum absolute atomic E-state index is 0.0302. The zero-order valence-electron chi connectivity index (χ0n) is 9.23. The van der Waals surface area contributed by atoms with Crippen LogP contribution in [0, 0.1) is 5.82 Å². The van der Waals surface area contributed by atoms with Gasteiger partial charge in [0.2, 0.25) is 0 Å². The quantitative estimate of drug-likeness (QED) is 0.882. The second-order valence-corrected chi connectivity index (χ2v) is 4.12. The average Bonchev–Trinajstić information content (AvgIpc) is 2.66. The summed E-state index contributed by atoms with van der Waals surface area (Å²) in [6.45, 7) is 0.115. The zero-order valence-corrected chi connectivity index (χ0v) is 9.99. The first-order valence-corrected chi connectivity index (χ1v) is 5.42. The Hall–Kier alpha value is -2.08. The molecule has 1 heterocycles. The van der Waals surface area contributed by atoms with Crippen LogP contribution in [0.5, 0.6) is 0 Å². The number of aromatic nitrogens is 2. The van der Waals surface area contributed by atoms with E-state index in [-0.39, 0.29) is 22.9 Å². The van der Waals surface area contributed by atoms with Crippen LogP contribution in [0.25, 0.3) is 0 Å². The summed E-state index contributed by atoms with van der Waals surface area (Å²) in [5, 5.41) is 3.91. The van der Waals surface area contributed by atoms with Gasteiger partial charge in [-0.2, -0.15) is 5.10 Å². The van der Waals surface area contributed by atoms with E-state index in [2.05, 4.69) is 5.10 Å². The Morgan fingerprint density at radius 2 is 2.22 bits per heavy atom. The van der Waals surface area contributed by atoms with Gasteiger partial charge in [0.15, 0.2) is 5.69 Å². The summed E-state index contributed by atoms with van der Waals surface area (Å²) in [5.41, 5.74) is 11.1. The first-order valence-electron chi connectivity index (χ1n) is 5.04. The second-order valence-electron chi connectivity index (χ2n) is 3.71. The van der Waals surface area contributed by atoms with Crippen molar-refractivity contribution in [2.75, 3.05) is 5.73 Å². The van der Waals surface area contributed by atoms with Crippen molar-refractivity contribution in [3.05, 3.63) is 46.5 Å². The highest BCUT2D eigenvalue weighted by atomic mass is 35.5. The van der Waals surface area contributed by atoms with Crippen LogP contribution < -0.4 is 11.5 Å². The Morgan fingerprint density at radius 1 is 1.50 bits per heavy atom. The molecule has 0 unspecified atom stereocenters. The van der Waals surface area contributed by atoms with Crippen LogP contribution in [0.15, 0.2) is 24.4 Å². The molecule has 0 atom stereocenters. The molecule has 2 rings (SSSR count). The average molecular weight is 269 g/mol. The summed E-state index contributed by atoms with van der Waals surface area (Å²) in [6, 6.07) is 4.65. The third-order valence-corrected chi connectivity index (χ3v) is 2.68. The second kappa shape index (κ2) is 4.66. The molecule has 7 heteroatoms. The molecule has 2 aromatic rings. The van der Waals surface area contributed by atoms with Crippen molar-refractivity contribution in [1.82, 2.24) is 9.78 Å². The Kier molecular flexibility index (Phi) is 3.20. The van der Waals surface area contributed by atoms with E-state index in [1.807, 2.05) is 0 Å². The highest BCUT2D eigenvalue weighted by Gasteiger charge is 2.13. The van der Waals surface area contributed by atoms with Gasteiger partial charge in [0.25, 0.3) is 5.91 Å². The van der Waals surface area contributed by atoms with E-state index in [9.17, 15) is 9.18 Å². The highest BCUT2D eigenvalue weighted by Crippen LogP contribution is 2.19. The van der Waals surface area contributed by atoms with Crippen molar-refractivity contribution in [2.24, 2.45) is 5.73 Å².